The molecule has 0 aromatic heterocycles. The van der Waals surface area contributed by atoms with Crippen LogP contribution in [-0.2, 0) is 10.2 Å². The van der Waals surface area contributed by atoms with E-state index in [1.54, 1.807) is 6.07 Å². The van der Waals surface area contributed by atoms with Gasteiger partial charge in [0.05, 0.1) is 10.9 Å². The van der Waals surface area contributed by atoms with Crippen molar-refractivity contribution in [1.82, 2.24) is 0 Å². The molecule has 0 fully saturated rings. The van der Waals surface area contributed by atoms with Crippen LogP contribution in [0.1, 0.15) is 44.4 Å². The maximum Gasteiger partial charge on any atom is 0.305 e. The van der Waals surface area contributed by atoms with Crippen molar-refractivity contribution < 1.29 is 15.0 Å². The first-order chi connectivity index (χ1) is 8.12. The van der Waals surface area contributed by atoms with Crippen LogP contribution in [0, 0.1) is 0 Å². The maximum atomic E-state index is 10.7. The first-order valence-corrected chi connectivity index (χ1v) is 6.42. The van der Waals surface area contributed by atoms with Crippen LogP contribution in [0.25, 0.3) is 0 Å². The van der Waals surface area contributed by atoms with E-state index in [-0.39, 0.29) is 17.6 Å². The van der Waals surface area contributed by atoms with Gasteiger partial charge in [-0.25, -0.2) is 0 Å². The van der Waals surface area contributed by atoms with E-state index in [1.165, 1.54) is 0 Å². The van der Waals surface area contributed by atoms with Crippen LogP contribution in [0.2, 0.25) is 0 Å². The Morgan fingerprint density at radius 2 is 2.00 bits per heavy atom. The summed E-state index contributed by atoms with van der Waals surface area (Å²) in [5, 5.41) is 18.7. The Bertz CT molecular complexity index is 466. The van der Waals surface area contributed by atoms with Crippen LogP contribution in [0.4, 0.5) is 0 Å². The lowest BCUT2D eigenvalue weighted by Gasteiger charge is -2.22. The summed E-state index contributed by atoms with van der Waals surface area (Å²) >= 11 is 3.27. The third-order valence-corrected chi connectivity index (χ3v) is 3.36. The number of benzene rings is 1. The summed E-state index contributed by atoms with van der Waals surface area (Å²) in [5.41, 5.74) is 7.16. The van der Waals surface area contributed by atoms with Crippen LogP contribution >= 0.6 is 15.9 Å². The van der Waals surface area contributed by atoms with Crippen LogP contribution in [0.15, 0.2) is 16.6 Å². The second-order valence-corrected chi connectivity index (χ2v) is 6.20. The number of nitrogens with two attached hydrogens (primary N) is 1. The molecule has 0 heterocycles. The van der Waals surface area contributed by atoms with Crippen LogP contribution in [0.5, 0.6) is 5.75 Å². The van der Waals surface area contributed by atoms with E-state index in [9.17, 15) is 9.90 Å². The minimum absolute atomic E-state index is 0.0109. The van der Waals surface area contributed by atoms with Gasteiger partial charge in [0.2, 0.25) is 0 Å². The number of halogens is 1. The van der Waals surface area contributed by atoms with Gasteiger partial charge < -0.3 is 15.9 Å². The summed E-state index contributed by atoms with van der Waals surface area (Å²) in [7, 11) is 0. The van der Waals surface area contributed by atoms with Gasteiger partial charge in [0, 0.05) is 11.6 Å². The Labute approximate surface area is 115 Å². The molecule has 5 heteroatoms. The lowest BCUT2D eigenvalue weighted by molar-refractivity contribution is -0.137. The molecule has 0 saturated heterocycles. The topological polar surface area (TPSA) is 83.5 Å². The van der Waals surface area contributed by atoms with E-state index in [0.717, 1.165) is 5.56 Å². The average molecular weight is 316 g/mol. The number of aliphatic carboxylic acids is 1. The molecule has 0 spiro atoms. The molecule has 0 bridgehead atoms. The van der Waals surface area contributed by atoms with Gasteiger partial charge in [-0.1, -0.05) is 20.8 Å². The standard InChI is InChI=1S/C13H18BrNO3/c1-13(2,3)7-4-8(10(15)6-11(16)17)12(18)9(14)5-7/h4-5,10,18H,6,15H2,1-3H3,(H,16,17). The summed E-state index contributed by atoms with van der Waals surface area (Å²) in [6.45, 7) is 6.12. The average Bonchev–Trinajstić information content (AvgIpc) is 2.18. The molecule has 0 aliphatic carbocycles. The molecule has 0 saturated carbocycles. The molecule has 1 aromatic rings. The Balaban J connectivity index is 3.26. The molecule has 18 heavy (non-hydrogen) atoms. The lowest BCUT2D eigenvalue weighted by Crippen LogP contribution is -2.17. The number of aromatic hydroxyl groups is 1. The third kappa shape index (κ3) is 3.46. The van der Waals surface area contributed by atoms with Crippen molar-refractivity contribution in [3.05, 3.63) is 27.7 Å². The number of carbonyl (C=O) groups is 1. The molecule has 0 aliphatic heterocycles. The molecule has 1 unspecified atom stereocenters. The fraction of sp³-hybridized carbons (Fsp3) is 0.462. The summed E-state index contributed by atoms with van der Waals surface area (Å²) in [6, 6.07) is 2.88. The van der Waals surface area contributed by atoms with E-state index < -0.39 is 12.0 Å². The monoisotopic (exact) mass is 315 g/mol. The minimum Gasteiger partial charge on any atom is -0.506 e. The van der Waals surface area contributed by atoms with Crippen LogP contribution < -0.4 is 5.73 Å². The predicted molar refractivity (Wildman–Crippen MR) is 73.7 cm³/mol. The highest BCUT2D eigenvalue weighted by molar-refractivity contribution is 9.10. The van der Waals surface area contributed by atoms with Crippen molar-refractivity contribution in [2.45, 2.75) is 38.6 Å². The van der Waals surface area contributed by atoms with Gasteiger partial charge in [0.1, 0.15) is 5.75 Å². The molecule has 0 radical (unpaired) electrons. The summed E-state index contributed by atoms with van der Waals surface area (Å²) in [6.07, 6.45) is -0.215. The van der Waals surface area contributed by atoms with Crippen molar-refractivity contribution in [1.29, 1.82) is 0 Å². The maximum absolute atomic E-state index is 10.7. The van der Waals surface area contributed by atoms with Crippen molar-refractivity contribution >= 4 is 21.9 Å². The van der Waals surface area contributed by atoms with Gasteiger partial charge in [-0.15, -0.1) is 0 Å². The normalized spacial score (nSPS) is 13.4. The highest BCUT2D eigenvalue weighted by atomic mass is 79.9. The quantitative estimate of drug-likeness (QED) is 0.800. The Morgan fingerprint density at radius 3 is 2.44 bits per heavy atom. The molecule has 0 amide bonds. The van der Waals surface area contributed by atoms with Gasteiger partial charge >= 0.3 is 5.97 Å². The molecular formula is C13H18BrNO3. The van der Waals surface area contributed by atoms with Gasteiger partial charge in [-0.05, 0) is 39.0 Å². The summed E-state index contributed by atoms with van der Waals surface area (Å²) in [4.78, 5) is 10.7. The molecule has 100 valence electrons. The third-order valence-electron chi connectivity index (χ3n) is 2.75. The number of carboxylic acids is 1. The van der Waals surface area contributed by atoms with Crippen molar-refractivity contribution in [3.8, 4) is 5.75 Å². The fourth-order valence-electron chi connectivity index (χ4n) is 1.63. The van der Waals surface area contributed by atoms with Crippen molar-refractivity contribution in [2.24, 2.45) is 5.73 Å². The number of phenols is 1. The number of rotatable bonds is 3. The second-order valence-electron chi connectivity index (χ2n) is 5.35. The van der Waals surface area contributed by atoms with Gasteiger partial charge in [0.25, 0.3) is 0 Å². The number of hydrogen-bond donors (Lipinski definition) is 3. The molecule has 1 atom stereocenters. The molecule has 4 nitrogen and oxygen atoms in total. The van der Waals surface area contributed by atoms with Gasteiger partial charge in [0.15, 0.2) is 0 Å². The Kier molecular flexibility index (Phi) is 4.40. The largest absolute Gasteiger partial charge is 0.506 e. The molecule has 1 aromatic carbocycles. The molecule has 0 aliphatic rings. The fourth-order valence-corrected chi connectivity index (χ4v) is 2.11. The predicted octanol–water partition coefficient (Wildman–Crippen LogP) is 2.93. The molecule has 1 rings (SSSR count). The van der Waals surface area contributed by atoms with Crippen molar-refractivity contribution in [2.75, 3.05) is 0 Å². The van der Waals surface area contributed by atoms with E-state index >= 15 is 0 Å². The van der Waals surface area contributed by atoms with E-state index in [2.05, 4.69) is 15.9 Å². The van der Waals surface area contributed by atoms with Crippen molar-refractivity contribution in [3.63, 3.8) is 0 Å². The summed E-state index contributed by atoms with van der Waals surface area (Å²) in [5.74, 6) is -0.976. The van der Waals surface area contributed by atoms with Crippen LogP contribution in [0.3, 0.4) is 0 Å². The SMILES string of the molecule is CC(C)(C)c1cc(Br)c(O)c(C(N)CC(=O)O)c1. The Hall–Kier alpha value is -1.07. The zero-order valence-corrected chi connectivity index (χ0v) is 12.3. The molecule has 4 N–H and O–H groups in total. The number of carboxylic acid groups (broad SMARTS) is 1. The van der Waals surface area contributed by atoms with E-state index in [1.807, 2.05) is 26.8 Å². The number of hydrogen-bond acceptors (Lipinski definition) is 3. The van der Waals surface area contributed by atoms with Crippen LogP contribution in [-0.4, -0.2) is 16.2 Å². The van der Waals surface area contributed by atoms with E-state index in [4.69, 9.17) is 10.8 Å². The zero-order chi connectivity index (χ0) is 14.1. The van der Waals surface area contributed by atoms with E-state index in [0.29, 0.717) is 10.0 Å². The first kappa shape index (κ1) is 15.0. The zero-order valence-electron chi connectivity index (χ0n) is 10.7. The smallest absolute Gasteiger partial charge is 0.305 e. The number of phenolic OH excluding ortho intramolecular Hbond substituents is 1. The first-order valence-electron chi connectivity index (χ1n) is 5.63. The van der Waals surface area contributed by atoms with Gasteiger partial charge in [-0.2, -0.15) is 0 Å². The molecular weight excluding hydrogens is 298 g/mol. The highest BCUT2D eigenvalue weighted by Crippen LogP contribution is 2.37. The second kappa shape index (κ2) is 5.28. The van der Waals surface area contributed by atoms with Gasteiger partial charge in [-0.3, -0.25) is 4.79 Å². The Morgan fingerprint density at radius 1 is 1.44 bits per heavy atom. The minimum atomic E-state index is -0.987. The highest BCUT2D eigenvalue weighted by Gasteiger charge is 2.21. The lowest BCUT2D eigenvalue weighted by atomic mass is 9.85. The summed E-state index contributed by atoms with van der Waals surface area (Å²) < 4.78 is 0.533.